The van der Waals surface area contributed by atoms with Gasteiger partial charge in [-0.3, -0.25) is 14.4 Å². The van der Waals surface area contributed by atoms with Crippen molar-refractivity contribution in [2.45, 2.75) is 42.8 Å². The Morgan fingerprint density at radius 1 is 0.946 bits per heavy atom. The summed E-state index contributed by atoms with van der Waals surface area (Å²) in [4.78, 5) is 49.3. The van der Waals surface area contributed by atoms with Crippen molar-refractivity contribution in [2.24, 2.45) is 0 Å². The van der Waals surface area contributed by atoms with Crippen molar-refractivity contribution in [3.8, 4) is 0 Å². The molecule has 2 aromatic heterocycles. The molecule has 2 aliphatic heterocycles. The number of nitrogens with zero attached hydrogens (tertiary/aromatic N) is 4. The average Bonchev–Trinajstić information content (AvgIpc) is 3.34. The maximum Gasteiger partial charge on any atom is 0.273 e. The lowest BCUT2D eigenvalue weighted by molar-refractivity contribution is -0.130. The van der Waals surface area contributed by atoms with Gasteiger partial charge in [0.05, 0.1) is 18.1 Å². The molecular formula is C26H27N5O5S. The van der Waals surface area contributed by atoms with Crippen LogP contribution in [0.3, 0.4) is 0 Å². The second-order valence-electron chi connectivity index (χ2n) is 9.22. The van der Waals surface area contributed by atoms with Crippen molar-refractivity contribution in [1.82, 2.24) is 24.5 Å². The van der Waals surface area contributed by atoms with Crippen molar-refractivity contribution in [3.63, 3.8) is 0 Å². The number of rotatable bonds is 5. The van der Waals surface area contributed by atoms with Crippen LogP contribution in [0.5, 0.6) is 0 Å². The number of Topliss-reactive ketones (excluding diaryl/α,β-unsaturated/α-hetero) is 1. The molecule has 1 aromatic carbocycles. The smallest absolute Gasteiger partial charge is 0.273 e. The van der Waals surface area contributed by atoms with Crippen molar-refractivity contribution >= 4 is 38.5 Å². The van der Waals surface area contributed by atoms with Gasteiger partial charge in [-0.2, -0.15) is 4.31 Å². The summed E-state index contributed by atoms with van der Waals surface area (Å²) in [5.41, 5.74) is 0.960. The molecule has 37 heavy (non-hydrogen) atoms. The molecule has 2 amide bonds. The van der Waals surface area contributed by atoms with Gasteiger partial charge in [-0.05, 0) is 49.9 Å². The van der Waals surface area contributed by atoms with E-state index in [0.717, 1.165) is 9.69 Å². The van der Waals surface area contributed by atoms with Crippen molar-refractivity contribution in [2.75, 3.05) is 19.6 Å². The van der Waals surface area contributed by atoms with E-state index in [9.17, 15) is 22.8 Å². The third kappa shape index (κ3) is 5.09. The molecule has 2 saturated heterocycles. The summed E-state index contributed by atoms with van der Waals surface area (Å²) in [5, 5.41) is 3.59. The third-order valence-corrected chi connectivity index (χ3v) is 8.58. The summed E-state index contributed by atoms with van der Waals surface area (Å²) < 4.78 is 27.0. The first-order valence-electron chi connectivity index (χ1n) is 12.3. The molecule has 0 bridgehead atoms. The minimum absolute atomic E-state index is 0.118. The summed E-state index contributed by atoms with van der Waals surface area (Å²) in [6.45, 7) is 0.219. The molecule has 10 nitrogen and oxygen atoms in total. The Hall–Kier alpha value is -3.70. The number of likely N-dealkylation sites (tertiary alicyclic amines) is 1. The van der Waals surface area contributed by atoms with Gasteiger partial charge in [-0.15, -0.1) is 0 Å². The summed E-state index contributed by atoms with van der Waals surface area (Å²) in [5.74, 6) is -1.13. The molecule has 3 aromatic rings. The number of benzene rings is 1. The van der Waals surface area contributed by atoms with Crippen LogP contribution in [0.25, 0.3) is 10.9 Å². The van der Waals surface area contributed by atoms with E-state index in [0.29, 0.717) is 37.7 Å². The van der Waals surface area contributed by atoms with E-state index in [1.165, 1.54) is 17.2 Å². The second-order valence-corrected chi connectivity index (χ2v) is 11.1. The van der Waals surface area contributed by atoms with E-state index in [1.54, 1.807) is 18.2 Å². The largest absolute Gasteiger partial charge is 0.344 e. The predicted octanol–water partition coefficient (Wildman–Crippen LogP) is 1.77. The van der Waals surface area contributed by atoms with Gasteiger partial charge in [-0.1, -0.05) is 30.3 Å². The number of ketones is 1. The summed E-state index contributed by atoms with van der Waals surface area (Å²) in [6, 6.07) is 14.0. The molecule has 0 saturated carbocycles. The molecule has 4 heterocycles. The van der Waals surface area contributed by atoms with Gasteiger partial charge in [0.15, 0.2) is 10.8 Å². The number of sulfonamides is 1. The molecule has 2 atom stereocenters. The number of hydrogen-bond donors (Lipinski definition) is 1. The molecule has 0 spiro atoms. The molecule has 0 radical (unpaired) electrons. The first-order valence-corrected chi connectivity index (χ1v) is 13.7. The Morgan fingerprint density at radius 3 is 2.54 bits per heavy atom. The number of carbonyl (C=O) groups excluding carboxylic acids is 3. The van der Waals surface area contributed by atoms with Crippen LogP contribution >= 0.6 is 0 Å². The number of hydrogen-bond acceptors (Lipinski definition) is 7. The number of nitrogens with one attached hydrogen (secondary N) is 1. The Bertz CT molecular complexity index is 1450. The minimum atomic E-state index is -3.92. The zero-order valence-corrected chi connectivity index (χ0v) is 20.9. The van der Waals surface area contributed by atoms with Crippen LogP contribution in [0.2, 0.25) is 0 Å². The molecule has 11 heteroatoms. The zero-order valence-electron chi connectivity index (χ0n) is 20.1. The lowest BCUT2D eigenvalue weighted by Gasteiger charge is -2.26. The van der Waals surface area contributed by atoms with Crippen LogP contribution in [0.1, 0.15) is 36.2 Å². The molecule has 2 fully saturated rings. The number of pyridine rings is 2. The maximum atomic E-state index is 13.2. The molecule has 2 aliphatic rings. The second kappa shape index (κ2) is 10.3. The third-order valence-electron chi connectivity index (χ3n) is 6.81. The van der Waals surface area contributed by atoms with Gasteiger partial charge in [-0.25, -0.2) is 18.4 Å². The topological polar surface area (TPSA) is 130 Å². The molecule has 192 valence electrons. The minimum Gasteiger partial charge on any atom is -0.344 e. The monoisotopic (exact) mass is 521 g/mol. The molecule has 0 aliphatic carbocycles. The van der Waals surface area contributed by atoms with Crippen LogP contribution in [0.4, 0.5) is 0 Å². The number of amides is 2. The average molecular weight is 522 g/mol. The van der Waals surface area contributed by atoms with Gasteiger partial charge >= 0.3 is 0 Å². The number of aromatic nitrogens is 2. The van der Waals surface area contributed by atoms with E-state index >= 15 is 0 Å². The van der Waals surface area contributed by atoms with Gasteiger partial charge in [0.1, 0.15) is 11.7 Å². The standard InChI is InChI=1S/C26H27N5O5S/c32-23-17-30(37(35,36)24-11-3-4-14-27-24)15-5-9-20(23)29-25(33)22-10-6-16-31(22)26(34)21-13-12-18-7-1-2-8-19(18)28-21/h1-4,7-8,11-14,20,22H,5-6,9-10,15-17H2,(H,29,33)/t20?,22-/m0/s1. The van der Waals surface area contributed by atoms with Crippen molar-refractivity contribution in [1.29, 1.82) is 0 Å². The highest BCUT2D eigenvalue weighted by atomic mass is 32.2. The fourth-order valence-electron chi connectivity index (χ4n) is 4.87. The Morgan fingerprint density at radius 2 is 1.73 bits per heavy atom. The first-order chi connectivity index (χ1) is 17.8. The van der Waals surface area contributed by atoms with Gasteiger partial charge < -0.3 is 10.2 Å². The van der Waals surface area contributed by atoms with Gasteiger partial charge in [0.2, 0.25) is 5.91 Å². The van der Waals surface area contributed by atoms with Gasteiger partial charge in [0, 0.05) is 24.7 Å². The molecule has 1 N–H and O–H groups in total. The first kappa shape index (κ1) is 25.0. The molecule has 5 rings (SSSR count). The normalized spacial score (nSPS) is 21.1. The number of para-hydroxylation sites is 1. The van der Waals surface area contributed by atoms with E-state index in [1.807, 2.05) is 30.3 Å². The van der Waals surface area contributed by atoms with Crippen LogP contribution in [-0.2, 0) is 19.6 Å². The highest BCUT2D eigenvalue weighted by Crippen LogP contribution is 2.23. The van der Waals surface area contributed by atoms with Crippen LogP contribution < -0.4 is 5.32 Å². The fourth-order valence-corrected chi connectivity index (χ4v) is 6.24. The van der Waals surface area contributed by atoms with E-state index in [2.05, 4.69) is 15.3 Å². The zero-order chi connectivity index (χ0) is 26.0. The number of carbonyl (C=O) groups is 3. The van der Waals surface area contributed by atoms with Gasteiger partial charge in [0.25, 0.3) is 15.9 Å². The van der Waals surface area contributed by atoms with E-state index in [4.69, 9.17) is 0 Å². The summed E-state index contributed by atoms with van der Waals surface area (Å²) >= 11 is 0. The fraction of sp³-hybridized carbons (Fsp3) is 0.346. The van der Waals surface area contributed by atoms with Crippen LogP contribution in [0.15, 0.2) is 65.8 Å². The van der Waals surface area contributed by atoms with Crippen molar-refractivity contribution in [3.05, 3.63) is 66.5 Å². The summed E-state index contributed by atoms with van der Waals surface area (Å²) in [7, 11) is -3.92. The summed E-state index contributed by atoms with van der Waals surface area (Å²) in [6.07, 6.45) is 3.23. The predicted molar refractivity (Wildman–Crippen MR) is 135 cm³/mol. The molecule has 1 unspecified atom stereocenters. The Balaban J connectivity index is 1.26. The van der Waals surface area contributed by atoms with E-state index < -0.39 is 33.8 Å². The Kier molecular flexibility index (Phi) is 6.98. The van der Waals surface area contributed by atoms with E-state index in [-0.39, 0.29) is 29.7 Å². The lowest BCUT2D eigenvalue weighted by atomic mass is 10.1. The van der Waals surface area contributed by atoms with Crippen molar-refractivity contribution < 1.29 is 22.8 Å². The lowest BCUT2D eigenvalue weighted by Crippen LogP contribution is -2.51. The maximum absolute atomic E-state index is 13.2. The SMILES string of the molecule is O=C1CN(S(=O)(=O)c2ccccn2)CCCC1NC(=O)[C@@H]1CCCN1C(=O)c1ccc2ccccc2n1. The van der Waals surface area contributed by atoms with Crippen LogP contribution in [0, 0.1) is 0 Å². The van der Waals surface area contributed by atoms with Crippen LogP contribution in [-0.4, -0.2) is 76.9 Å². The highest BCUT2D eigenvalue weighted by Gasteiger charge is 2.38. The molecular weight excluding hydrogens is 494 g/mol. The number of fused-ring (bicyclic) bond motifs is 1. The Labute approximate surface area is 214 Å². The highest BCUT2D eigenvalue weighted by molar-refractivity contribution is 7.89. The quantitative estimate of drug-likeness (QED) is 0.542.